The van der Waals surface area contributed by atoms with Gasteiger partial charge in [-0.05, 0) is 22.9 Å². The summed E-state index contributed by atoms with van der Waals surface area (Å²) in [4.78, 5) is 0. The molecule has 6 nitrogen and oxygen atoms in total. The van der Waals surface area contributed by atoms with E-state index >= 15 is 0 Å². The van der Waals surface area contributed by atoms with Crippen LogP contribution in [0.2, 0.25) is 0 Å². The molecule has 92 valence electrons. The fourth-order valence-electron chi connectivity index (χ4n) is 1.52. The van der Waals surface area contributed by atoms with Gasteiger partial charge in [-0.15, -0.1) is 10.2 Å². The van der Waals surface area contributed by atoms with E-state index in [0.717, 1.165) is 16.8 Å². The number of aromatic nitrogens is 5. The van der Waals surface area contributed by atoms with Crippen LogP contribution in [-0.4, -0.2) is 30.6 Å². The maximum absolute atomic E-state index is 4.21. The number of aryl methyl sites for hydroxylation is 1. The van der Waals surface area contributed by atoms with Gasteiger partial charge in [0, 0.05) is 19.3 Å². The van der Waals surface area contributed by atoms with Crippen molar-refractivity contribution in [1.29, 1.82) is 0 Å². The molecule has 0 fully saturated rings. The van der Waals surface area contributed by atoms with Crippen LogP contribution < -0.4 is 5.32 Å². The summed E-state index contributed by atoms with van der Waals surface area (Å²) in [6, 6.07) is 0.318. The second-order valence-electron chi connectivity index (χ2n) is 4.02. The van der Waals surface area contributed by atoms with Crippen LogP contribution in [0.15, 0.2) is 23.2 Å². The van der Waals surface area contributed by atoms with Crippen molar-refractivity contribution in [2.24, 2.45) is 7.05 Å². The molecule has 1 N–H and O–H groups in total. The zero-order valence-electron chi connectivity index (χ0n) is 9.84. The predicted octanol–water partition coefficient (Wildman–Crippen LogP) is 0.952. The first-order valence-electron chi connectivity index (χ1n) is 5.39. The van der Waals surface area contributed by atoms with Gasteiger partial charge in [-0.3, -0.25) is 4.68 Å². The molecule has 0 aliphatic carbocycles. The lowest BCUT2D eigenvalue weighted by molar-refractivity contribution is 0.442. The van der Waals surface area contributed by atoms with Crippen LogP contribution in [0.4, 0.5) is 0 Å². The van der Waals surface area contributed by atoms with Crippen molar-refractivity contribution in [3.8, 4) is 0 Å². The monoisotopic (exact) mass is 298 g/mol. The van der Waals surface area contributed by atoms with Gasteiger partial charge in [-0.1, -0.05) is 0 Å². The summed E-state index contributed by atoms with van der Waals surface area (Å²) < 4.78 is 4.81. The summed E-state index contributed by atoms with van der Waals surface area (Å²) >= 11 is 3.38. The topological polar surface area (TPSA) is 60.6 Å². The number of nitrogens with zero attached hydrogens (tertiary/aromatic N) is 5. The summed E-state index contributed by atoms with van der Waals surface area (Å²) in [5.41, 5.74) is 0. The van der Waals surface area contributed by atoms with Crippen molar-refractivity contribution in [3.05, 3.63) is 29.0 Å². The minimum atomic E-state index is 0.318. The smallest absolute Gasteiger partial charge is 0.146 e. The van der Waals surface area contributed by atoms with E-state index in [0.29, 0.717) is 12.6 Å². The summed E-state index contributed by atoms with van der Waals surface area (Å²) in [6.45, 7) is 3.65. The summed E-state index contributed by atoms with van der Waals surface area (Å²) in [6.07, 6.45) is 5.45. The highest BCUT2D eigenvalue weighted by atomic mass is 79.9. The lowest BCUT2D eigenvalue weighted by Gasteiger charge is -2.13. The Morgan fingerprint density at radius 1 is 1.53 bits per heavy atom. The van der Waals surface area contributed by atoms with Crippen LogP contribution in [0.1, 0.15) is 12.7 Å². The molecule has 0 spiro atoms. The zero-order valence-corrected chi connectivity index (χ0v) is 11.4. The summed E-state index contributed by atoms with van der Waals surface area (Å²) in [7, 11) is 1.94. The van der Waals surface area contributed by atoms with E-state index in [9.17, 15) is 0 Å². The van der Waals surface area contributed by atoms with E-state index < -0.39 is 0 Å². The first-order chi connectivity index (χ1) is 8.15. The minimum Gasteiger partial charge on any atom is -0.320 e. The van der Waals surface area contributed by atoms with E-state index in [1.165, 1.54) is 0 Å². The molecule has 0 amide bonds. The quantitative estimate of drug-likeness (QED) is 0.893. The fourth-order valence-corrected chi connectivity index (χ4v) is 1.84. The van der Waals surface area contributed by atoms with E-state index in [1.807, 2.05) is 22.5 Å². The Morgan fingerprint density at radius 2 is 2.35 bits per heavy atom. The van der Waals surface area contributed by atoms with Crippen LogP contribution in [-0.2, 0) is 20.1 Å². The van der Waals surface area contributed by atoms with Crippen molar-refractivity contribution >= 4 is 15.9 Å². The molecule has 0 bridgehead atoms. The molecule has 1 atom stereocenters. The largest absolute Gasteiger partial charge is 0.320 e. The lowest BCUT2D eigenvalue weighted by atomic mass is 10.3. The molecular formula is C10H15BrN6. The highest BCUT2D eigenvalue weighted by molar-refractivity contribution is 9.10. The molecule has 0 saturated carbocycles. The molecule has 0 aliphatic heterocycles. The van der Waals surface area contributed by atoms with Gasteiger partial charge >= 0.3 is 0 Å². The Balaban J connectivity index is 1.82. The molecule has 0 aliphatic rings. The van der Waals surface area contributed by atoms with E-state index in [2.05, 4.69) is 43.5 Å². The number of halogens is 1. The third-order valence-corrected chi connectivity index (χ3v) is 2.89. The van der Waals surface area contributed by atoms with Gasteiger partial charge in [0.25, 0.3) is 0 Å². The van der Waals surface area contributed by atoms with Crippen molar-refractivity contribution in [2.45, 2.75) is 26.1 Å². The van der Waals surface area contributed by atoms with Gasteiger partial charge in [0.15, 0.2) is 0 Å². The predicted molar refractivity (Wildman–Crippen MR) is 67.2 cm³/mol. The van der Waals surface area contributed by atoms with Crippen LogP contribution in [0.5, 0.6) is 0 Å². The molecule has 0 aromatic carbocycles. The standard InChI is InChI=1S/C10H15BrN6/c1-8(5-17-6-9(11)3-14-17)12-4-10-15-13-7-16(10)2/h3,6-8,12H,4-5H2,1-2H3/t8-/m0/s1. The molecule has 2 rings (SSSR count). The van der Waals surface area contributed by atoms with E-state index in [4.69, 9.17) is 0 Å². The van der Waals surface area contributed by atoms with Crippen LogP contribution in [0.25, 0.3) is 0 Å². The zero-order chi connectivity index (χ0) is 12.3. The number of nitrogens with one attached hydrogen (secondary N) is 1. The van der Waals surface area contributed by atoms with Gasteiger partial charge in [0.1, 0.15) is 12.2 Å². The molecule has 2 aromatic heterocycles. The van der Waals surface area contributed by atoms with Crippen molar-refractivity contribution < 1.29 is 0 Å². The Hall–Kier alpha value is -1.21. The van der Waals surface area contributed by atoms with Gasteiger partial charge in [0.05, 0.1) is 23.8 Å². The maximum Gasteiger partial charge on any atom is 0.146 e. The third kappa shape index (κ3) is 3.37. The highest BCUT2D eigenvalue weighted by Crippen LogP contribution is 2.06. The van der Waals surface area contributed by atoms with Crippen molar-refractivity contribution in [2.75, 3.05) is 0 Å². The van der Waals surface area contributed by atoms with Crippen LogP contribution in [0, 0.1) is 0 Å². The van der Waals surface area contributed by atoms with Gasteiger partial charge in [0.2, 0.25) is 0 Å². The number of hydrogen-bond donors (Lipinski definition) is 1. The van der Waals surface area contributed by atoms with Crippen molar-refractivity contribution in [3.63, 3.8) is 0 Å². The molecule has 0 unspecified atom stereocenters. The first kappa shape index (κ1) is 12.3. The Kier molecular flexibility index (Phi) is 3.90. The molecule has 0 saturated heterocycles. The maximum atomic E-state index is 4.21. The molecule has 0 radical (unpaired) electrons. The van der Waals surface area contributed by atoms with Gasteiger partial charge in [-0.25, -0.2) is 0 Å². The number of hydrogen-bond acceptors (Lipinski definition) is 4. The Labute approximate surface area is 108 Å². The molecule has 17 heavy (non-hydrogen) atoms. The second-order valence-corrected chi connectivity index (χ2v) is 4.94. The average molecular weight is 299 g/mol. The van der Waals surface area contributed by atoms with E-state index in [1.54, 1.807) is 12.5 Å². The van der Waals surface area contributed by atoms with Crippen LogP contribution in [0.3, 0.4) is 0 Å². The Bertz CT molecular complexity index is 477. The van der Waals surface area contributed by atoms with Crippen molar-refractivity contribution in [1.82, 2.24) is 29.9 Å². The highest BCUT2D eigenvalue weighted by Gasteiger charge is 2.06. The van der Waals surface area contributed by atoms with Crippen LogP contribution >= 0.6 is 15.9 Å². The molecule has 2 heterocycles. The SMILES string of the molecule is C[C@@H](Cn1cc(Br)cn1)NCc1nncn1C. The molecule has 2 aromatic rings. The number of rotatable bonds is 5. The third-order valence-electron chi connectivity index (χ3n) is 2.48. The lowest BCUT2D eigenvalue weighted by Crippen LogP contribution is -2.31. The first-order valence-corrected chi connectivity index (χ1v) is 6.18. The molecule has 7 heteroatoms. The fraction of sp³-hybridized carbons (Fsp3) is 0.500. The Morgan fingerprint density at radius 3 is 2.94 bits per heavy atom. The van der Waals surface area contributed by atoms with Gasteiger partial charge < -0.3 is 9.88 Å². The summed E-state index contributed by atoms with van der Waals surface area (Å²) in [5, 5.41) is 15.5. The molecular weight excluding hydrogens is 284 g/mol. The second kappa shape index (κ2) is 5.42. The minimum absolute atomic E-state index is 0.318. The van der Waals surface area contributed by atoms with E-state index in [-0.39, 0.29) is 0 Å². The van der Waals surface area contributed by atoms with Gasteiger partial charge in [-0.2, -0.15) is 5.10 Å². The average Bonchev–Trinajstić information content (AvgIpc) is 2.85. The summed E-state index contributed by atoms with van der Waals surface area (Å²) in [5.74, 6) is 0.929. The normalized spacial score (nSPS) is 12.9.